The molecule has 1 aliphatic rings. The molecule has 9 heteroatoms. The predicted octanol–water partition coefficient (Wildman–Crippen LogP) is 6.61. The van der Waals surface area contributed by atoms with Crippen molar-refractivity contribution in [1.29, 1.82) is 0 Å². The van der Waals surface area contributed by atoms with Gasteiger partial charge in [0.25, 0.3) is 0 Å². The van der Waals surface area contributed by atoms with Crippen LogP contribution in [0.4, 0.5) is 0 Å². The van der Waals surface area contributed by atoms with Crippen molar-refractivity contribution in [2.75, 3.05) is 12.3 Å². The lowest BCUT2D eigenvalue weighted by atomic mass is 9.66. The van der Waals surface area contributed by atoms with Crippen LogP contribution in [0.15, 0.2) is 48.5 Å². The summed E-state index contributed by atoms with van der Waals surface area (Å²) >= 11 is 12.7. The number of hydrogen-bond acceptors (Lipinski definition) is 5. The van der Waals surface area contributed by atoms with E-state index in [1.54, 1.807) is 32.9 Å². The average Bonchev–Trinajstić information content (AvgIpc) is 2.84. The minimum atomic E-state index is -3.58. The van der Waals surface area contributed by atoms with Crippen LogP contribution in [0.25, 0.3) is 0 Å². The molecule has 2 aromatic rings. The number of aliphatic hydroxyl groups excluding tert-OH is 1. The monoisotopic (exact) mass is 610 g/mol. The number of aliphatic hydroxyl groups is 1. The average molecular weight is 612 g/mol. The van der Waals surface area contributed by atoms with Crippen LogP contribution >= 0.6 is 23.2 Å². The van der Waals surface area contributed by atoms with E-state index in [1.165, 1.54) is 0 Å². The molecule has 2 aromatic carbocycles. The fourth-order valence-electron chi connectivity index (χ4n) is 5.74. The highest BCUT2D eigenvalue weighted by molar-refractivity contribution is 7.92. The Balaban J connectivity index is 2.30. The summed E-state index contributed by atoms with van der Waals surface area (Å²) in [5.74, 6) is -0.699. The first-order chi connectivity index (χ1) is 18.5. The molecular formula is C31H44Cl2N2O4S. The smallest absolute Gasteiger partial charge is 0.229 e. The van der Waals surface area contributed by atoms with E-state index in [2.05, 4.69) is 5.32 Å². The van der Waals surface area contributed by atoms with E-state index in [4.69, 9.17) is 23.2 Å². The Hall–Kier alpha value is -1.64. The number of carbonyl (C=O) groups is 1. The van der Waals surface area contributed by atoms with Crippen LogP contribution < -0.4 is 5.32 Å². The number of halogens is 2. The summed E-state index contributed by atoms with van der Waals surface area (Å²) in [5.41, 5.74) is 0.863. The van der Waals surface area contributed by atoms with Crippen molar-refractivity contribution >= 4 is 38.9 Å². The molecule has 1 heterocycles. The van der Waals surface area contributed by atoms with Gasteiger partial charge in [0.2, 0.25) is 5.91 Å². The van der Waals surface area contributed by atoms with Gasteiger partial charge in [-0.25, -0.2) is 8.42 Å². The van der Waals surface area contributed by atoms with E-state index >= 15 is 0 Å². The minimum absolute atomic E-state index is 0.156. The lowest BCUT2D eigenvalue weighted by Crippen LogP contribution is -2.60. The summed E-state index contributed by atoms with van der Waals surface area (Å²) in [6.07, 6.45) is -0.240. The first-order valence-corrected chi connectivity index (χ1v) is 16.4. The second kappa shape index (κ2) is 12.7. The summed E-state index contributed by atoms with van der Waals surface area (Å²) in [5, 5.41) is 15.0. The van der Waals surface area contributed by atoms with E-state index in [0.29, 0.717) is 23.0 Å². The van der Waals surface area contributed by atoms with Gasteiger partial charge in [0, 0.05) is 28.4 Å². The van der Waals surface area contributed by atoms with Crippen LogP contribution in [0.1, 0.15) is 84.4 Å². The van der Waals surface area contributed by atoms with Crippen molar-refractivity contribution in [2.45, 2.75) is 90.3 Å². The first-order valence-electron chi connectivity index (χ1n) is 14.0. The van der Waals surface area contributed by atoms with Gasteiger partial charge in [-0.1, -0.05) is 75.2 Å². The van der Waals surface area contributed by atoms with Crippen LogP contribution in [-0.4, -0.2) is 53.6 Å². The topological polar surface area (TPSA) is 86.7 Å². The van der Waals surface area contributed by atoms with E-state index in [1.807, 2.05) is 69.0 Å². The van der Waals surface area contributed by atoms with Crippen LogP contribution in [0.3, 0.4) is 0 Å². The quantitative estimate of drug-likeness (QED) is 0.295. The van der Waals surface area contributed by atoms with Gasteiger partial charge in [-0.2, -0.15) is 0 Å². The molecule has 0 aliphatic carbocycles. The van der Waals surface area contributed by atoms with Crippen molar-refractivity contribution in [3.63, 3.8) is 0 Å². The van der Waals surface area contributed by atoms with Crippen molar-refractivity contribution in [1.82, 2.24) is 10.2 Å². The van der Waals surface area contributed by atoms with Crippen LogP contribution in [-0.2, 0) is 14.6 Å². The zero-order chi connectivity index (χ0) is 30.0. The van der Waals surface area contributed by atoms with Crippen molar-refractivity contribution in [3.8, 4) is 0 Å². The third-order valence-electron chi connectivity index (χ3n) is 8.12. The van der Waals surface area contributed by atoms with Crippen LogP contribution in [0.5, 0.6) is 0 Å². The normalized spacial score (nSPS) is 23.9. The van der Waals surface area contributed by atoms with Gasteiger partial charge < -0.3 is 10.0 Å². The SMILES string of the molecule is CCNC(O)C[C@@]1(C)C[C@H](c2cccc(Cl)c2)[C@@H](c2ccc(Cl)cc2)N([C@H](CS(=O)(=O)C(C)(C)C)C(C)C)C1=O. The van der Waals surface area contributed by atoms with Gasteiger partial charge in [-0.05, 0) is 75.0 Å². The Morgan fingerprint density at radius 2 is 1.70 bits per heavy atom. The molecule has 1 unspecified atom stereocenters. The fraction of sp³-hybridized carbons (Fsp3) is 0.581. The number of amides is 1. The highest BCUT2D eigenvalue weighted by Crippen LogP contribution is 2.53. The fourth-order valence-corrected chi connectivity index (χ4v) is 7.56. The number of rotatable bonds is 10. The van der Waals surface area contributed by atoms with Crippen LogP contribution in [0, 0.1) is 11.3 Å². The third-order valence-corrected chi connectivity index (χ3v) is 11.3. The first kappa shape index (κ1) is 32.9. The summed E-state index contributed by atoms with van der Waals surface area (Å²) in [4.78, 5) is 16.5. The molecule has 5 atom stereocenters. The summed E-state index contributed by atoms with van der Waals surface area (Å²) < 4.78 is 26.2. The van der Waals surface area contributed by atoms with Gasteiger partial charge in [0.15, 0.2) is 9.84 Å². The Kier molecular flexibility index (Phi) is 10.4. The maximum absolute atomic E-state index is 14.7. The molecular weight excluding hydrogens is 567 g/mol. The largest absolute Gasteiger partial charge is 0.379 e. The Labute approximate surface area is 250 Å². The number of nitrogens with zero attached hydrogens (tertiary/aromatic N) is 1. The molecule has 1 amide bonds. The molecule has 0 aromatic heterocycles. The molecule has 1 saturated heterocycles. The molecule has 2 N–H and O–H groups in total. The van der Waals surface area contributed by atoms with E-state index < -0.39 is 38.3 Å². The second-order valence-corrected chi connectivity index (χ2v) is 16.3. The Morgan fingerprint density at radius 1 is 1.07 bits per heavy atom. The molecule has 1 fully saturated rings. The van der Waals surface area contributed by atoms with Gasteiger partial charge in [-0.15, -0.1) is 0 Å². The molecule has 0 bridgehead atoms. The summed E-state index contributed by atoms with van der Waals surface area (Å²) in [6.45, 7) is 13.3. The number of carbonyl (C=O) groups excluding carboxylic acids is 1. The zero-order valence-electron chi connectivity index (χ0n) is 24.6. The molecule has 40 heavy (non-hydrogen) atoms. The molecule has 222 valence electrons. The Morgan fingerprint density at radius 3 is 2.23 bits per heavy atom. The maximum Gasteiger partial charge on any atom is 0.229 e. The molecule has 0 radical (unpaired) electrons. The molecule has 0 saturated carbocycles. The highest BCUT2D eigenvalue weighted by atomic mass is 35.5. The van der Waals surface area contributed by atoms with Gasteiger partial charge >= 0.3 is 0 Å². The standard InChI is InChI=1S/C31H44Cl2N2O4S/c1-8-34-27(36)18-31(7)17-25(22-10-9-11-24(33)16-22)28(21-12-14-23(32)15-13-21)35(29(31)37)26(20(2)3)19-40(38,39)30(4,5)6/h9-16,20,25-28,34,36H,8,17-19H2,1-7H3/t25-,26-,27?,28-,31-/m1/s1. The summed E-state index contributed by atoms with van der Waals surface area (Å²) in [7, 11) is -3.58. The van der Waals surface area contributed by atoms with Gasteiger partial charge in [0.05, 0.1) is 22.0 Å². The van der Waals surface area contributed by atoms with E-state index in [-0.39, 0.29) is 29.9 Å². The van der Waals surface area contributed by atoms with E-state index in [9.17, 15) is 18.3 Å². The summed E-state index contributed by atoms with van der Waals surface area (Å²) in [6, 6.07) is 14.0. The minimum Gasteiger partial charge on any atom is -0.379 e. The lowest BCUT2D eigenvalue weighted by Gasteiger charge is -2.53. The van der Waals surface area contributed by atoms with Crippen molar-refractivity contribution < 1.29 is 18.3 Å². The molecule has 1 aliphatic heterocycles. The molecule has 0 spiro atoms. The van der Waals surface area contributed by atoms with Gasteiger partial charge in [0.1, 0.15) is 6.23 Å². The molecule has 6 nitrogen and oxygen atoms in total. The number of benzene rings is 2. The van der Waals surface area contributed by atoms with Crippen molar-refractivity contribution in [3.05, 3.63) is 69.7 Å². The number of nitrogens with one attached hydrogen (secondary N) is 1. The van der Waals surface area contributed by atoms with Gasteiger partial charge in [-0.3, -0.25) is 10.1 Å². The lowest BCUT2D eigenvalue weighted by molar-refractivity contribution is -0.158. The second-order valence-electron chi connectivity index (χ2n) is 12.6. The third kappa shape index (κ3) is 7.22. The predicted molar refractivity (Wildman–Crippen MR) is 164 cm³/mol. The zero-order valence-corrected chi connectivity index (χ0v) is 26.9. The highest BCUT2D eigenvalue weighted by Gasteiger charge is 2.53. The van der Waals surface area contributed by atoms with Crippen LogP contribution in [0.2, 0.25) is 10.0 Å². The van der Waals surface area contributed by atoms with Crippen molar-refractivity contribution in [2.24, 2.45) is 11.3 Å². The van der Waals surface area contributed by atoms with E-state index in [0.717, 1.165) is 11.1 Å². The number of likely N-dealkylation sites (tertiary alicyclic amines) is 1. The maximum atomic E-state index is 14.7. The number of piperidine rings is 1. The molecule has 3 rings (SSSR count). The number of hydrogen-bond donors (Lipinski definition) is 2. The Bertz CT molecular complexity index is 1280. The number of sulfone groups is 1.